The topological polar surface area (TPSA) is 707 Å². The van der Waals surface area contributed by atoms with E-state index in [-0.39, 0.29) is 90.1 Å². The fourth-order valence-electron chi connectivity index (χ4n) is 7.61. The van der Waals surface area contributed by atoms with Gasteiger partial charge in [0.2, 0.25) is 0 Å². The maximum atomic E-state index is 11.7. The van der Waals surface area contributed by atoms with Gasteiger partial charge in [0.05, 0.1) is 57.1 Å². The van der Waals surface area contributed by atoms with Crippen molar-refractivity contribution in [2.24, 2.45) is 0 Å². The zero-order valence-corrected chi connectivity index (χ0v) is 53.4. The minimum atomic E-state index is -5.58. The van der Waals surface area contributed by atoms with Crippen LogP contribution in [0.4, 0.5) is 0 Å². The Morgan fingerprint density at radius 1 is 0.367 bits per heavy atom. The predicted octanol–water partition coefficient (Wildman–Crippen LogP) is -9.23. The molecule has 12 atom stereocenters. The number of fused-ring (bicyclic) bond motifs is 3. The molecule has 6 aromatic heterocycles. The van der Waals surface area contributed by atoms with Crippen LogP contribution in [0.3, 0.4) is 0 Å². The summed E-state index contributed by atoms with van der Waals surface area (Å²) in [6, 6.07) is 0. The van der Waals surface area contributed by atoms with Gasteiger partial charge in [0.1, 0.15) is 54.2 Å². The van der Waals surface area contributed by atoms with Crippen molar-refractivity contribution < 1.29 is 225 Å². The van der Waals surface area contributed by atoms with Gasteiger partial charge in [0.15, 0.2) is 16.9 Å². The number of phosphoric ester groups is 3. The number of hydrogen-bond donors (Lipinski definition) is 12. The second-order valence-electron chi connectivity index (χ2n) is 17.0. The Morgan fingerprint density at radius 3 is 0.822 bits per heavy atom. The number of nitrogens with zero attached hydrogens (tertiary/aromatic N) is 12. The summed E-state index contributed by atoms with van der Waals surface area (Å²) in [4.78, 5) is 141. The van der Waals surface area contributed by atoms with Gasteiger partial charge in [-0.3, -0.25) is 42.2 Å². The molecule has 0 bridgehead atoms. The van der Waals surface area contributed by atoms with Gasteiger partial charge in [0, 0.05) is 17.6 Å². The van der Waals surface area contributed by atoms with Crippen molar-refractivity contribution in [3.05, 3.63) is 38.0 Å². The molecule has 6 unspecified atom stereocenters. The zero-order chi connectivity index (χ0) is 64.3. The summed E-state index contributed by atoms with van der Waals surface area (Å²) in [6.45, 7) is -1.68. The van der Waals surface area contributed by atoms with E-state index in [1.165, 1.54) is 32.7 Å². The van der Waals surface area contributed by atoms with Gasteiger partial charge < -0.3 is 88.3 Å². The molecule has 90 heavy (non-hydrogen) atoms. The molecule has 0 amide bonds. The molecule has 3 aliphatic rings. The van der Waals surface area contributed by atoms with Gasteiger partial charge in [-0.1, -0.05) is 0 Å². The van der Waals surface area contributed by atoms with Crippen LogP contribution in [0, 0.1) is 0 Å². The number of aromatic nitrogens is 12. The Labute approximate surface area is 535 Å². The Morgan fingerprint density at radius 2 is 0.600 bits per heavy atom. The van der Waals surface area contributed by atoms with Crippen LogP contribution in [0.15, 0.2) is 38.0 Å². The molecule has 6 aromatic rings. The minimum Gasteiger partial charge on any atom is -0.857 e. The Hall–Kier alpha value is -2.05. The summed E-state index contributed by atoms with van der Waals surface area (Å²) in [7, 11) is -48.8. The number of rotatable bonds is 24. The molecule has 48 nitrogen and oxygen atoms in total. The van der Waals surface area contributed by atoms with E-state index in [1.54, 1.807) is 0 Å². The van der Waals surface area contributed by atoms with Crippen LogP contribution in [-0.4, -0.2) is 155 Å². The largest absolute Gasteiger partial charge is 1.00 e. The normalized spacial score (nSPS) is 23.6. The van der Waals surface area contributed by atoms with Crippen LogP contribution in [0.5, 0.6) is 17.6 Å². The first kappa shape index (κ1) is 80.4. The zero-order valence-electron chi connectivity index (χ0n) is 45.3. The summed E-state index contributed by atoms with van der Waals surface area (Å²) in [5.41, 5.74) is 0.865. The Bertz CT molecular complexity index is 3520. The smallest absolute Gasteiger partial charge is 0.857 e. The van der Waals surface area contributed by atoms with E-state index in [2.05, 4.69) is 84.3 Å². The quantitative estimate of drug-likeness (QED) is 0.0198. The van der Waals surface area contributed by atoms with Gasteiger partial charge in [-0.05, 0) is 38.5 Å². The third-order valence-corrected chi connectivity index (χ3v) is 22.1. The molecule has 0 aromatic carbocycles. The predicted molar refractivity (Wildman–Crippen MR) is 263 cm³/mol. The molecule has 0 aliphatic carbocycles. The first-order valence-corrected chi connectivity index (χ1v) is 36.5. The average Bonchev–Trinajstić information content (AvgIpc) is 3.58. The van der Waals surface area contributed by atoms with Gasteiger partial charge in [0.25, 0.3) is 0 Å². The third kappa shape index (κ3) is 24.2. The van der Waals surface area contributed by atoms with Crippen molar-refractivity contribution in [3.8, 4) is 17.6 Å². The van der Waals surface area contributed by atoms with E-state index in [4.69, 9.17) is 58.3 Å². The van der Waals surface area contributed by atoms with Crippen molar-refractivity contribution in [1.29, 1.82) is 0 Å². The van der Waals surface area contributed by atoms with Crippen LogP contribution in [0.25, 0.3) is 33.5 Å². The van der Waals surface area contributed by atoms with Gasteiger partial charge >= 0.3 is 127 Å². The molecule has 0 radical (unpaired) electrons. The summed E-state index contributed by atoms with van der Waals surface area (Å²) >= 11 is 0. The molecule has 3 fully saturated rings. The van der Waals surface area contributed by atoms with E-state index in [1.807, 2.05) is 0 Å². The summed E-state index contributed by atoms with van der Waals surface area (Å²) in [5.74, 6) is -1.68. The third-order valence-electron chi connectivity index (χ3n) is 10.7. The van der Waals surface area contributed by atoms with E-state index in [0.29, 0.717) is 38.5 Å². The number of imidazole rings is 3. The maximum Gasteiger partial charge on any atom is 1.00 e. The molecule has 9 heterocycles. The second kappa shape index (κ2) is 31.9. The Balaban J connectivity index is 0.000000284. The molecular formula is C30H42Li3N12O36P9. The fraction of sp³-hybridized carbons (Fsp3) is 0.500. The maximum absolute atomic E-state index is 11.7. The molecule has 3 saturated heterocycles. The molecule has 486 valence electrons. The van der Waals surface area contributed by atoms with Crippen molar-refractivity contribution >= 4 is 104 Å². The van der Waals surface area contributed by atoms with E-state index < -0.39 is 145 Å². The SMILES string of the molecule is O=P(O)(O)OP(=O)(O)OP(=O)(O)OC[C@@H]1CC[C@H](n2cnc3c([O-])ncnc32)O1.O=P(O)(O)OP(=O)(O)OP(=O)(O)OC[C@@H]1CC[C@H](n2cnc3c([O-])ncnc32)O1.O=P(O)(O)OP(=O)(O)OP(=O)(O)OC[C@@H]1CC[C@H](n2cnc3c([O-])ncnc32)O1.[Li+].[Li+].[Li+]. The molecular weight excluding hydrogens is 1400 g/mol. The fourth-order valence-corrected chi connectivity index (χ4v) is 16.8. The molecule has 9 rings (SSSR count). The average molecular weight is 1450 g/mol. The Kier molecular flexibility index (Phi) is 28.5. The van der Waals surface area contributed by atoms with Crippen LogP contribution < -0.4 is 71.9 Å². The van der Waals surface area contributed by atoms with Gasteiger partial charge in [-0.2, -0.15) is 25.9 Å². The van der Waals surface area contributed by atoms with Crippen LogP contribution >= 0.6 is 70.4 Å². The van der Waals surface area contributed by atoms with Crippen LogP contribution in [0.2, 0.25) is 0 Å². The molecule has 0 saturated carbocycles. The number of ether oxygens (including phenoxy) is 3. The summed E-state index contributed by atoms with van der Waals surface area (Å²) in [6.07, 6.45) is 5.26. The van der Waals surface area contributed by atoms with E-state index in [0.717, 1.165) is 19.0 Å². The van der Waals surface area contributed by atoms with Crippen LogP contribution in [0.1, 0.15) is 57.2 Å². The van der Waals surface area contributed by atoms with Crippen molar-refractivity contribution in [3.63, 3.8) is 0 Å². The monoisotopic (exact) mass is 1450 g/mol. The van der Waals surface area contributed by atoms with Gasteiger partial charge in [-0.25, -0.2) is 71.0 Å². The van der Waals surface area contributed by atoms with Crippen molar-refractivity contribution in [2.45, 2.75) is 75.5 Å². The second-order valence-corrected chi connectivity index (χ2v) is 30.3. The van der Waals surface area contributed by atoms with Gasteiger partial charge in [-0.15, -0.1) is 0 Å². The van der Waals surface area contributed by atoms with Crippen molar-refractivity contribution in [1.82, 2.24) is 58.6 Å². The number of hydrogen-bond acceptors (Lipinski definition) is 33. The molecule has 12 N–H and O–H groups in total. The van der Waals surface area contributed by atoms with Crippen molar-refractivity contribution in [2.75, 3.05) is 19.8 Å². The molecule has 3 aliphatic heterocycles. The van der Waals surface area contributed by atoms with E-state index >= 15 is 0 Å². The van der Waals surface area contributed by atoms with Crippen LogP contribution in [-0.2, 0) is 94.7 Å². The standard InChI is InChI=1S/3C10H15N4O12P3.3Li/c3*15-10-8-9(11-4-12-10)14(5-13-8)7-2-1-6(24-7)3-23-28(19,20)26-29(21,22)25-27(16,17)18;;;/h3*4-7H,1-3H2,(H,19,20)(H,21,22)(H,11,12,15)(H2,16,17,18);;;/q;;;3*+1/p-3/t3*6-,7+;;;/m000.../s1. The molecule has 0 spiro atoms. The minimum absolute atomic E-state index is 0. The summed E-state index contributed by atoms with van der Waals surface area (Å²) < 4.78 is 157. The first-order chi connectivity index (χ1) is 40.1. The number of phosphoric acid groups is 9. The summed E-state index contributed by atoms with van der Waals surface area (Å²) in [5, 5.41) is 34.9. The first-order valence-electron chi connectivity index (χ1n) is 22.9. The van der Waals surface area contributed by atoms with E-state index in [9.17, 15) is 71.1 Å². The molecule has 60 heteroatoms.